The maximum Gasteiger partial charge on any atom is 0.295 e. The zero-order valence-electron chi connectivity index (χ0n) is 19.2. The summed E-state index contributed by atoms with van der Waals surface area (Å²) in [6.07, 6.45) is 1.47. The molecule has 1 atom stereocenters. The number of hydrogen-bond acceptors (Lipinski definition) is 5. The molecule has 0 spiro atoms. The topological polar surface area (TPSA) is 76.1 Å². The Balaban J connectivity index is 2.03. The Morgan fingerprint density at radius 3 is 2.52 bits per heavy atom. The van der Waals surface area contributed by atoms with E-state index >= 15 is 0 Å². The van der Waals surface area contributed by atoms with Crippen molar-refractivity contribution in [1.82, 2.24) is 4.90 Å². The van der Waals surface area contributed by atoms with Crippen LogP contribution in [-0.2, 0) is 14.3 Å². The van der Waals surface area contributed by atoms with E-state index in [0.29, 0.717) is 54.0 Å². The van der Waals surface area contributed by atoms with Gasteiger partial charge in [0.2, 0.25) is 0 Å². The van der Waals surface area contributed by atoms with E-state index in [0.717, 1.165) is 6.42 Å². The molecule has 6 nitrogen and oxygen atoms in total. The number of amides is 1. The molecule has 33 heavy (non-hydrogen) atoms. The van der Waals surface area contributed by atoms with Crippen molar-refractivity contribution in [3.63, 3.8) is 0 Å². The first kappa shape index (κ1) is 24.8. The molecule has 1 N–H and O–H groups in total. The van der Waals surface area contributed by atoms with Gasteiger partial charge in [-0.1, -0.05) is 37.6 Å². The van der Waals surface area contributed by atoms with Crippen LogP contribution in [0.3, 0.4) is 0 Å². The molecule has 1 fully saturated rings. The van der Waals surface area contributed by atoms with Gasteiger partial charge in [0, 0.05) is 30.8 Å². The number of aliphatic hydroxyl groups is 1. The molecule has 1 unspecified atom stereocenters. The van der Waals surface area contributed by atoms with Crippen LogP contribution in [0, 0.1) is 5.92 Å². The molecule has 1 saturated heterocycles. The fraction of sp³-hybridized carbons (Fsp3) is 0.385. The van der Waals surface area contributed by atoms with Gasteiger partial charge in [0.15, 0.2) is 0 Å². The van der Waals surface area contributed by atoms with Gasteiger partial charge in [0.25, 0.3) is 11.7 Å². The first-order chi connectivity index (χ1) is 15.8. The number of nitrogens with zero attached hydrogens (tertiary/aromatic N) is 1. The van der Waals surface area contributed by atoms with Crippen LogP contribution in [0.5, 0.6) is 5.75 Å². The van der Waals surface area contributed by atoms with E-state index in [4.69, 9.17) is 21.1 Å². The van der Waals surface area contributed by atoms with Gasteiger partial charge in [-0.05, 0) is 60.7 Å². The number of methoxy groups -OCH3 is 1. The quantitative estimate of drug-likeness (QED) is 0.222. The number of ether oxygens (including phenoxy) is 2. The summed E-state index contributed by atoms with van der Waals surface area (Å²) in [7, 11) is 1.59. The largest absolute Gasteiger partial charge is 0.507 e. The van der Waals surface area contributed by atoms with E-state index < -0.39 is 17.7 Å². The van der Waals surface area contributed by atoms with Gasteiger partial charge in [-0.2, -0.15) is 0 Å². The summed E-state index contributed by atoms with van der Waals surface area (Å²) in [5.74, 6) is -0.411. The van der Waals surface area contributed by atoms with E-state index in [1.807, 2.05) is 24.3 Å². The number of ketones is 1. The molecular formula is C26H30ClNO5. The third kappa shape index (κ3) is 5.95. The summed E-state index contributed by atoms with van der Waals surface area (Å²) in [4.78, 5) is 27.5. The Hall–Kier alpha value is -2.83. The smallest absolute Gasteiger partial charge is 0.295 e. The number of likely N-dealkylation sites (tertiary alicyclic amines) is 1. The van der Waals surface area contributed by atoms with Crippen molar-refractivity contribution >= 4 is 29.1 Å². The fourth-order valence-corrected chi connectivity index (χ4v) is 3.91. The lowest BCUT2D eigenvalue weighted by molar-refractivity contribution is -0.140. The van der Waals surface area contributed by atoms with Gasteiger partial charge >= 0.3 is 0 Å². The van der Waals surface area contributed by atoms with Crippen molar-refractivity contribution < 1.29 is 24.2 Å². The maximum atomic E-state index is 13.0. The third-order valence-corrected chi connectivity index (χ3v) is 5.79. The van der Waals surface area contributed by atoms with Crippen LogP contribution in [0.4, 0.5) is 0 Å². The first-order valence-corrected chi connectivity index (χ1v) is 11.5. The highest BCUT2D eigenvalue weighted by atomic mass is 35.5. The van der Waals surface area contributed by atoms with Crippen LogP contribution in [0.1, 0.15) is 43.9 Å². The number of benzene rings is 2. The van der Waals surface area contributed by atoms with Gasteiger partial charge in [-0.25, -0.2) is 0 Å². The van der Waals surface area contributed by atoms with Crippen LogP contribution >= 0.6 is 11.6 Å². The summed E-state index contributed by atoms with van der Waals surface area (Å²) in [5.41, 5.74) is 1.17. The molecule has 1 amide bonds. The zero-order valence-corrected chi connectivity index (χ0v) is 20.0. The monoisotopic (exact) mass is 471 g/mol. The first-order valence-electron chi connectivity index (χ1n) is 11.1. The van der Waals surface area contributed by atoms with E-state index in [-0.39, 0.29) is 11.3 Å². The molecule has 7 heteroatoms. The molecule has 1 heterocycles. The zero-order chi connectivity index (χ0) is 24.0. The van der Waals surface area contributed by atoms with E-state index in [1.165, 1.54) is 4.90 Å². The van der Waals surface area contributed by atoms with Crippen LogP contribution in [0.25, 0.3) is 5.76 Å². The van der Waals surface area contributed by atoms with Crippen LogP contribution in [-0.4, -0.2) is 48.6 Å². The molecule has 2 aromatic carbocycles. The highest BCUT2D eigenvalue weighted by Crippen LogP contribution is 2.40. The minimum Gasteiger partial charge on any atom is -0.507 e. The van der Waals surface area contributed by atoms with E-state index in [9.17, 15) is 14.7 Å². The SMILES string of the molecule is COCCCN1C(=O)C(=O)C(=C(O)c2ccc(Cl)cc2)C1c1cccc(OCCC(C)C)c1. The van der Waals surface area contributed by atoms with Crippen molar-refractivity contribution in [2.45, 2.75) is 32.7 Å². The molecule has 176 valence electrons. The lowest BCUT2D eigenvalue weighted by atomic mass is 9.95. The van der Waals surface area contributed by atoms with E-state index in [2.05, 4.69) is 13.8 Å². The minimum absolute atomic E-state index is 0.0547. The molecule has 0 saturated carbocycles. The number of rotatable bonds is 10. The standard InChI is InChI=1S/C26H30ClNO5/c1-17(2)12-15-33-21-7-4-6-19(16-21)23-22(24(29)18-8-10-20(27)11-9-18)25(30)26(31)28(23)13-5-14-32-3/h4,6-11,16-17,23,29H,5,12-15H2,1-3H3. The Labute approximate surface area is 199 Å². The lowest BCUT2D eigenvalue weighted by Crippen LogP contribution is -2.31. The van der Waals surface area contributed by atoms with Crippen LogP contribution in [0.2, 0.25) is 5.02 Å². The summed E-state index contributed by atoms with van der Waals surface area (Å²) >= 11 is 5.97. The molecule has 0 aliphatic carbocycles. The summed E-state index contributed by atoms with van der Waals surface area (Å²) in [6.45, 7) is 5.60. The molecule has 0 radical (unpaired) electrons. The average Bonchev–Trinajstić information content (AvgIpc) is 3.04. The molecule has 3 rings (SSSR count). The fourth-order valence-electron chi connectivity index (χ4n) is 3.79. The Bertz CT molecular complexity index is 1020. The molecule has 1 aliphatic rings. The number of hydrogen-bond donors (Lipinski definition) is 1. The Morgan fingerprint density at radius 2 is 1.85 bits per heavy atom. The normalized spacial score (nSPS) is 17.7. The molecule has 0 bridgehead atoms. The summed E-state index contributed by atoms with van der Waals surface area (Å²) < 4.78 is 11.0. The Kier molecular flexibility index (Phi) is 8.53. The second kappa shape index (κ2) is 11.3. The van der Waals surface area contributed by atoms with Gasteiger partial charge in [0.1, 0.15) is 11.5 Å². The van der Waals surface area contributed by atoms with Crippen molar-refractivity contribution in [3.8, 4) is 5.75 Å². The maximum absolute atomic E-state index is 13.0. The average molecular weight is 472 g/mol. The number of halogens is 1. The number of Topliss-reactive ketones (excluding diaryl/α,β-unsaturated/α-hetero) is 1. The number of aliphatic hydroxyl groups excluding tert-OH is 1. The molecule has 1 aliphatic heterocycles. The van der Waals surface area contributed by atoms with Crippen molar-refractivity contribution in [3.05, 3.63) is 70.3 Å². The molecular weight excluding hydrogens is 442 g/mol. The third-order valence-electron chi connectivity index (χ3n) is 5.54. The number of carbonyl (C=O) groups excluding carboxylic acids is 2. The van der Waals surface area contributed by atoms with Gasteiger partial charge in [0.05, 0.1) is 18.2 Å². The van der Waals surface area contributed by atoms with Crippen molar-refractivity contribution in [2.24, 2.45) is 5.92 Å². The summed E-state index contributed by atoms with van der Waals surface area (Å²) in [6, 6.07) is 13.1. The predicted octanol–water partition coefficient (Wildman–Crippen LogP) is 5.22. The highest BCUT2D eigenvalue weighted by molar-refractivity contribution is 6.46. The summed E-state index contributed by atoms with van der Waals surface area (Å²) in [5, 5.41) is 11.6. The van der Waals surface area contributed by atoms with Crippen molar-refractivity contribution in [2.75, 3.05) is 26.9 Å². The van der Waals surface area contributed by atoms with Crippen LogP contribution < -0.4 is 4.74 Å². The minimum atomic E-state index is -0.730. The van der Waals surface area contributed by atoms with Gasteiger partial charge < -0.3 is 19.5 Å². The highest BCUT2D eigenvalue weighted by Gasteiger charge is 2.45. The Morgan fingerprint density at radius 1 is 1.12 bits per heavy atom. The van der Waals surface area contributed by atoms with Gasteiger partial charge in [-0.15, -0.1) is 0 Å². The van der Waals surface area contributed by atoms with Crippen molar-refractivity contribution in [1.29, 1.82) is 0 Å². The molecule has 2 aromatic rings. The second-order valence-electron chi connectivity index (χ2n) is 8.45. The molecule has 0 aromatic heterocycles. The lowest BCUT2D eigenvalue weighted by Gasteiger charge is -2.25. The van der Waals surface area contributed by atoms with Gasteiger partial charge in [-0.3, -0.25) is 9.59 Å². The number of carbonyl (C=O) groups is 2. The predicted molar refractivity (Wildman–Crippen MR) is 128 cm³/mol. The van der Waals surface area contributed by atoms with E-state index in [1.54, 1.807) is 31.4 Å². The second-order valence-corrected chi connectivity index (χ2v) is 8.89. The van der Waals surface area contributed by atoms with Crippen LogP contribution in [0.15, 0.2) is 54.1 Å².